The highest BCUT2D eigenvalue weighted by Crippen LogP contribution is 2.45. The number of likely N-dealkylation sites (N-methyl/N-ethyl adjacent to an activating group) is 1. The van der Waals surface area contributed by atoms with Crippen molar-refractivity contribution in [3.8, 4) is 5.88 Å². The van der Waals surface area contributed by atoms with Gasteiger partial charge in [0.15, 0.2) is 0 Å². The first kappa shape index (κ1) is 27.3. The molecule has 3 atom stereocenters. The van der Waals surface area contributed by atoms with Gasteiger partial charge in [-0.2, -0.15) is 13.2 Å². The number of benzene rings is 1. The van der Waals surface area contributed by atoms with Crippen LogP contribution in [0.4, 0.5) is 19.0 Å². The Hall–Kier alpha value is -3.25. The average molecular weight is 562 g/mol. The van der Waals surface area contributed by atoms with E-state index < -0.39 is 21.8 Å². The number of sulfonamides is 1. The summed E-state index contributed by atoms with van der Waals surface area (Å²) in [5.41, 5.74) is 0.790. The van der Waals surface area contributed by atoms with E-state index in [4.69, 9.17) is 4.74 Å². The summed E-state index contributed by atoms with van der Waals surface area (Å²) in [6, 6.07) is 8.58. The first-order valence-corrected chi connectivity index (χ1v) is 14.3. The summed E-state index contributed by atoms with van der Waals surface area (Å²) in [6.07, 6.45) is 3.12. The summed E-state index contributed by atoms with van der Waals surface area (Å²) in [4.78, 5) is 14.2. The van der Waals surface area contributed by atoms with Gasteiger partial charge in [-0.1, -0.05) is 18.2 Å². The fraction of sp³-hybridized carbons (Fsp3) is 0.444. The summed E-state index contributed by atoms with van der Waals surface area (Å²) in [7, 11) is -0.0547. The molecular formula is C27H30F3N5O3S. The van der Waals surface area contributed by atoms with E-state index in [-0.39, 0.29) is 34.7 Å². The quantitative estimate of drug-likeness (QED) is 0.403. The molecule has 2 aliphatic rings. The third kappa shape index (κ3) is 6.33. The van der Waals surface area contributed by atoms with Crippen molar-refractivity contribution in [3.63, 3.8) is 0 Å². The molecule has 0 saturated heterocycles. The van der Waals surface area contributed by atoms with Gasteiger partial charge in [-0.05, 0) is 81.8 Å². The zero-order chi connectivity index (χ0) is 27.8. The Labute approximate surface area is 225 Å². The minimum absolute atomic E-state index is 0.0211. The smallest absolute Gasteiger partial charge is 0.416 e. The fourth-order valence-corrected chi connectivity index (χ4v) is 6.13. The molecule has 0 aliphatic heterocycles. The van der Waals surface area contributed by atoms with Crippen molar-refractivity contribution >= 4 is 15.8 Å². The van der Waals surface area contributed by atoms with E-state index in [1.807, 2.05) is 19.0 Å². The Morgan fingerprint density at radius 2 is 1.79 bits per heavy atom. The molecule has 1 N–H and O–H groups in total. The number of hydrogen-bond acceptors (Lipinski definition) is 7. The van der Waals surface area contributed by atoms with E-state index in [0.717, 1.165) is 24.5 Å². The number of anilines is 1. The zero-order valence-electron chi connectivity index (χ0n) is 21.6. The molecule has 2 heterocycles. The highest BCUT2D eigenvalue weighted by Gasteiger charge is 2.38. The van der Waals surface area contributed by atoms with Gasteiger partial charge in [0, 0.05) is 17.8 Å². The number of aromatic nitrogens is 3. The fourth-order valence-electron chi connectivity index (χ4n) is 5.14. The normalized spacial score (nSPS) is 22.1. The molecule has 8 nitrogen and oxygen atoms in total. The van der Waals surface area contributed by atoms with Gasteiger partial charge < -0.3 is 9.64 Å². The third-order valence-electron chi connectivity index (χ3n) is 7.37. The number of ether oxygens (including phenoxy) is 1. The lowest BCUT2D eigenvalue weighted by molar-refractivity contribution is -0.137. The monoisotopic (exact) mass is 561 g/mol. The van der Waals surface area contributed by atoms with E-state index >= 15 is 0 Å². The van der Waals surface area contributed by atoms with Crippen LogP contribution >= 0.6 is 0 Å². The van der Waals surface area contributed by atoms with Crippen LogP contribution in [-0.2, 0) is 16.2 Å². The van der Waals surface area contributed by atoms with Crippen LogP contribution in [0, 0.1) is 0 Å². The molecule has 2 saturated carbocycles. The summed E-state index contributed by atoms with van der Waals surface area (Å²) in [5.74, 6) is 0.703. The second-order valence-electron chi connectivity index (χ2n) is 10.4. The molecule has 12 heteroatoms. The highest BCUT2D eigenvalue weighted by atomic mass is 32.2. The van der Waals surface area contributed by atoms with Crippen LogP contribution in [-0.4, -0.2) is 54.5 Å². The van der Waals surface area contributed by atoms with Crippen LogP contribution in [0.1, 0.15) is 60.6 Å². The summed E-state index contributed by atoms with van der Waals surface area (Å²) < 4.78 is 74.7. The number of hydrogen-bond donors (Lipinski definition) is 1. The molecule has 2 aromatic heterocycles. The van der Waals surface area contributed by atoms with Gasteiger partial charge >= 0.3 is 6.18 Å². The molecule has 208 valence electrons. The van der Waals surface area contributed by atoms with Crippen LogP contribution < -0.4 is 9.46 Å². The SMILES string of the molecule is CN(C)C1CC(c2cccc(C(F)(F)F)c2)CCC1Oc1ncc(S(=O)(=O)Nc2ccncn2)cc1C1CC1. The second-order valence-corrected chi connectivity index (χ2v) is 12.0. The van der Waals surface area contributed by atoms with Gasteiger partial charge in [-0.25, -0.2) is 23.4 Å². The molecule has 2 fully saturated rings. The van der Waals surface area contributed by atoms with Crippen molar-refractivity contribution in [1.29, 1.82) is 0 Å². The molecule has 3 unspecified atom stereocenters. The van der Waals surface area contributed by atoms with Crippen LogP contribution in [0.25, 0.3) is 0 Å². The molecule has 39 heavy (non-hydrogen) atoms. The molecular weight excluding hydrogens is 531 g/mol. The van der Waals surface area contributed by atoms with Crippen LogP contribution in [0.15, 0.2) is 60.0 Å². The van der Waals surface area contributed by atoms with Crippen molar-refractivity contribution in [2.45, 2.75) is 67.2 Å². The number of alkyl halides is 3. The Morgan fingerprint density at radius 1 is 1.03 bits per heavy atom. The zero-order valence-corrected chi connectivity index (χ0v) is 22.4. The third-order valence-corrected chi connectivity index (χ3v) is 8.69. The summed E-state index contributed by atoms with van der Waals surface area (Å²) >= 11 is 0. The Balaban J connectivity index is 1.35. The minimum atomic E-state index is -4.38. The van der Waals surface area contributed by atoms with E-state index in [2.05, 4.69) is 19.7 Å². The summed E-state index contributed by atoms with van der Waals surface area (Å²) in [5, 5.41) is 0. The molecule has 0 radical (unpaired) electrons. The van der Waals surface area contributed by atoms with Gasteiger partial charge in [0.2, 0.25) is 5.88 Å². The first-order chi connectivity index (χ1) is 18.5. The van der Waals surface area contributed by atoms with Crippen molar-refractivity contribution in [3.05, 3.63) is 71.8 Å². The number of halogens is 3. The Kier molecular flexibility index (Phi) is 7.51. The van der Waals surface area contributed by atoms with Crippen LogP contribution in [0.5, 0.6) is 5.88 Å². The predicted molar refractivity (Wildman–Crippen MR) is 139 cm³/mol. The van der Waals surface area contributed by atoms with E-state index in [1.165, 1.54) is 36.9 Å². The van der Waals surface area contributed by atoms with Gasteiger partial charge in [0.05, 0.1) is 11.8 Å². The lowest BCUT2D eigenvalue weighted by Crippen LogP contribution is -2.46. The van der Waals surface area contributed by atoms with E-state index in [1.54, 1.807) is 12.1 Å². The number of rotatable bonds is 8. The van der Waals surface area contributed by atoms with Crippen molar-refractivity contribution < 1.29 is 26.3 Å². The highest BCUT2D eigenvalue weighted by molar-refractivity contribution is 7.92. The molecule has 1 aromatic carbocycles. The number of pyridine rings is 1. The maximum atomic E-state index is 13.3. The Bertz CT molecular complexity index is 1420. The Morgan fingerprint density at radius 3 is 2.46 bits per heavy atom. The number of nitrogens with zero attached hydrogens (tertiary/aromatic N) is 4. The maximum Gasteiger partial charge on any atom is 0.416 e. The van der Waals surface area contributed by atoms with Crippen molar-refractivity contribution in [2.75, 3.05) is 18.8 Å². The predicted octanol–water partition coefficient (Wildman–Crippen LogP) is 5.21. The van der Waals surface area contributed by atoms with Gasteiger partial charge in [-0.15, -0.1) is 0 Å². The van der Waals surface area contributed by atoms with Crippen LogP contribution in [0.3, 0.4) is 0 Å². The minimum Gasteiger partial charge on any atom is -0.472 e. The standard InChI is InChI=1S/C27H30F3N5O3S/c1-35(2)23-13-19(18-4-3-5-20(12-18)27(28,29)30)8-9-24(23)38-26-22(17-6-7-17)14-21(15-32-26)39(36,37)34-25-10-11-31-16-33-25/h3-5,10-12,14-17,19,23-24H,6-9,13H2,1-2H3,(H,31,33,34). The molecule has 0 amide bonds. The lowest BCUT2D eigenvalue weighted by Gasteiger charge is -2.40. The topological polar surface area (TPSA) is 97.3 Å². The molecule has 5 rings (SSSR count). The largest absolute Gasteiger partial charge is 0.472 e. The molecule has 0 bridgehead atoms. The van der Waals surface area contributed by atoms with Gasteiger partial charge in [0.25, 0.3) is 10.0 Å². The maximum absolute atomic E-state index is 13.3. The summed E-state index contributed by atoms with van der Waals surface area (Å²) in [6.45, 7) is 0. The lowest BCUT2D eigenvalue weighted by atomic mass is 9.79. The van der Waals surface area contributed by atoms with Crippen molar-refractivity contribution in [2.24, 2.45) is 0 Å². The molecule has 0 spiro atoms. The van der Waals surface area contributed by atoms with Gasteiger partial charge in [-0.3, -0.25) is 4.72 Å². The van der Waals surface area contributed by atoms with E-state index in [9.17, 15) is 21.6 Å². The average Bonchev–Trinajstić information content (AvgIpc) is 3.74. The van der Waals surface area contributed by atoms with Crippen LogP contribution in [0.2, 0.25) is 0 Å². The van der Waals surface area contributed by atoms with E-state index in [0.29, 0.717) is 30.7 Å². The number of nitrogens with one attached hydrogen (secondary N) is 1. The van der Waals surface area contributed by atoms with Gasteiger partial charge in [0.1, 0.15) is 23.1 Å². The first-order valence-electron chi connectivity index (χ1n) is 12.8. The molecule has 2 aliphatic carbocycles. The second kappa shape index (κ2) is 10.7. The van der Waals surface area contributed by atoms with Crippen molar-refractivity contribution in [1.82, 2.24) is 19.9 Å². The molecule has 3 aromatic rings.